The normalized spacial score (nSPS) is 41.2. The molecular formula is C42H67NO12. The first-order valence-corrected chi connectivity index (χ1v) is 20.4. The second kappa shape index (κ2) is 19.3. The largest absolute Gasteiger partial charge is 0.456 e. The second-order valence-corrected chi connectivity index (χ2v) is 17.0. The van der Waals surface area contributed by atoms with Crippen molar-refractivity contribution in [2.75, 3.05) is 20.8 Å². The number of aliphatic hydroxyl groups is 4. The number of aliphatic hydroxyl groups excluding tert-OH is 2. The average molecular weight is 778 g/mol. The lowest BCUT2D eigenvalue weighted by atomic mass is 9.81. The molecule has 2 bridgehead atoms. The smallest absolute Gasteiger partial charge is 0.329 e. The first-order valence-electron chi connectivity index (χ1n) is 20.4. The van der Waals surface area contributed by atoms with E-state index in [9.17, 15) is 39.6 Å². The van der Waals surface area contributed by atoms with E-state index >= 15 is 0 Å². The highest BCUT2D eigenvalue weighted by molar-refractivity contribution is 6.39. The summed E-state index contributed by atoms with van der Waals surface area (Å²) in [6.45, 7) is 11.0. The molecule has 0 aromatic heterocycles. The van der Waals surface area contributed by atoms with Gasteiger partial charge in [-0.1, -0.05) is 45.4 Å². The molecule has 3 aliphatic heterocycles. The quantitative estimate of drug-likeness (QED) is 0.178. The number of esters is 1. The molecule has 0 radical (unpaired) electrons. The van der Waals surface area contributed by atoms with E-state index in [-0.39, 0.29) is 62.4 Å². The number of rotatable bonds is 5. The van der Waals surface area contributed by atoms with Gasteiger partial charge in [0.1, 0.15) is 24.0 Å². The number of carbonyl (C=O) groups excluding carboxylic acids is 4. The fourth-order valence-electron chi connectivity index (χ4n) is 9.13. The summed E-state index contributed by atoms with van der Waals surface area (Å²) >= 11 is 0. The third-order valence-electron chi connectivity index (χ3n) is 12.7. The minimum absolute atomic E-state index is 0.0110. The standard InChI is InChI=1S/C42H67NO12/c1-9-30-19-24(2)18-25(3)20-36(53-8)41(50)16-15-27(5)42(51,55-41)38(47)39(48)43-17-11-10-12-31(43)40(49)54-37(28(6)33(45)23-34(30)46)26(4)21-29-13-14-32(44)35(22-29)52-7/h19,21,25,27-33,35-37,44-45,50-51H,9-18,20,22-23H2,1-8H3. The van der Waals surface area contributed by atoms with Gasteiger partial charge in [-0.2, -0.15) is 0 Å². The maximum absolute atomic E-state index is 14.2. The van der Waals surface area contributed by atoms with Gasteiger partial charge < -0.3 is 44.3 Å². The van der Waals surface area contributed by atoms with Crippen molar-refractivity contribution in [3.05, 3.63) is 23.3 Å². The summed E-state index contributed by atoms with van der Waals surface area (Å²) in [5.74, 6) is -10.2. The van der Waals surface area contributed by atoms with Crippen molar-refractivity contribution in [3.8, 4) is 0 Å². The SMILES string of the molecule is CCC1C=C(C)CC(C)CC(OC)C2(O)CCC(C)C(O)(O2)C(=O)C(=O)N2CCCCC2C(=O)OC(C(C)=CC2CCC(O)C(OC)C2)C(C)C(O)CC1=O. The van der Waals surface area contributed by atoms with Crippen LogP contribution in [0.3, 0.4) is 0 Å². The molecule has 0 aromatic carbocycles. The highest BCUT2D eigenvalue weighted by atomic mass is 16.7. The van der Waals surface area contributed by atoms with Crippen LogP contribution in [0.2, 0.25) is 0 Å². The lowest BCUT2D eigenvalue weighted by molar-refractivity contribution is -0.381. The van der Waals surface area contributed by atoms with Crippen molar-refractivity contribution in [1.29, 1.82) is 0 Å². The molecule has 55 heavy (non-hydrogen) atoms. The number of hydrogen-bond acceptors (Lipinski definition) is 12. The number of methoxy groups -OCH3 is 2. The zero-order valence-corrected chi connectivity index (χ0v) is 34.2. The van der Waals surface area contributed by atoms with Gasteiger partial charge in [0, 0.05) is 51.4 Å². The Bertz CT molecular complexity index is 1430. The van der Waals surface area contributed by atoms with E-state index in [1.165, 1.54) is 7.11 Å². The van der Waals surface area contributed by atoms with Crippen molar-refractivity contribution in [1.82, 2.24) is 4.90 Å². The molecule has 3 heterocycles. The van der Waals surface area contributed by atoms with Gasteiger partial charge >= 0.3 is 5.97 Å². The highest BCUT2D eigenvalue weighted by Gasteiger charge is 2.58. The molecule has 1 aliphatic carbocycles. The van der Waals surface area contributed by atoms with E-state index in [4.69, 9.17) is 18.9 Å². The lowest BCUT2D eigenvalue weighted by Crippen LogP contribution is -2.65. The van der Waals surface area contributed by atoms with Crippen LogP contribution in [-0.4, -0.2) is 118 Å². The first kappa shape index (κ1) is 45.2. The van der Waals surface area contributed by atoms with Crippen LogP contribution in [0, 0.1) is 29.6 Å². The molecule has 0 aromatic rings. The van der Waals surface area contributed by atoms with Gasteiger partial charge in [0.2, 0.25) is 5.79 Å². The number of carbonyl (C=O) groups is 4. The molecule has 1 amide bonds. The summed E-state index contributed by atoms with van der Waals surface area (Å²) in [6, 6.07) is -1.17. The molecule has 13 unspecified atom stereocenters. The maximum Gasteiger partial charge on any atom is 0.329 e. The Hall–Kier alpha value is -2.52. The molecule has 13 atom stereocenters. The van der Waals surface area contributed by atoms with Gasteiger partial charge in [-0.3, -0.25) is 14.4 Å². The summed E-state index contributed by atoms with van der Waals surface area (Å²) in [5, 5.41) is 45.7. The predicted octanol–water partition coefficient (Wildman–Crippen LogP) is 4.17. The molecule has 4 aliphatic rings. The van der Waals surface area contributed by atoms with Crippen molar-refractivity contribution in [3.63, 3.8) is 0 Å². The maximum atomic E-state index is 14.2. The second-order valence-electron chi connectivity index (χ2n) is 17.0. The topological polar surface area (TPSA) is 189 Å². The van der Waals surface area contributed by atoms with E-state index in [0.29, 0.717) is 50.5 Å². The molecule has 1 saturated carbocycles. The Morgan fingerprint density at radius 2 is 1.67 bits per heavy atom. The number of amides is 1. The van der Waals surface area contributed by atoms with Gasteiger partial charge in [-0.05, 0) is 95.5 Å². The Morgan fingerprint density at radius 3 is 2.33 bits per heavy atom. The number of nitrogens with zero attached hydrogens (tertiary/aromatic N) is 1. The van der Waals surface area contributed by atoms with Gasteiger partial charge in [-0.25, -0.2) is 4.79 Å². The number of hydrogen-bond donors (Lipinski definition) is 4. The van der Waals surface area contributed by atoms with E-state index in [2.05, 4.69) is 0 Å². The lowest BCUT2D eigenvalue weighted by Gasteiger charge is -2.48. The van der Waals surface area contributed by atoms with E-state index in [1.807, 2.05) is 32.9 Å². The van der Waals surface area contributed by atoms with Crippen LogP contribution >= 0.6 is 0 Å². The zero-order valence-electron chi connectivity index (χ0n) is 34.2. The molecule has 312 valence electrons. The summed E-state index contributed by atoms with van der Waals surface area (Å²) in [5.41, 5.74) is 1.59. The van der Waals surface area contributed by atoms with Crippen LogP contribution in [0.5, 0.6) is 0 Å². The molecular weight excluding hydrogens is 710 g/mol. The minimum atomic E-state index is -2.69. The number of Topliss-reactive ketones (excluding diaryl/α,β-unsaturated/α-hetero) is 2. The molecule has 4 N–H and O–H groups in total. The molecule has 3 fully saturated rings. The summed E-state index contributed by atoms with van der Waals surface area (Å²) in [6.07, 6.45) is 4.23. The molecule has 2 saturated heterocycles. The Kier molecular flexibility index (Phi) is 15.8. The third-order valence-corrected chi connectivity index (χ3v) is 12.7. The number of ketones is 2. The Labute approximate surface area is 326 Å². The van der Waals surface area contributed by atoms with Gasteiger partial charge in [0.25, 0.3) is 11.7 Å². The molecule has 0 spiro atoms. The van der Waals surface area contributed by atoms with Crippen LogP contribution in [0.1, 0.15) is 119 Å². The highest BCUT2D eigenvalue weighted by Crippen LogP contribution is 2.42. The summed E-state index contributed by atoms with van der Waals surface area (Å²) in [7, 11) is 2.97. The van der Waals surface area contributed by atoms with Gasteiger partial charge in [0.15, 0.2) is 5.79 Å². The molecule has 4 rings (SSSR count). The number of allylic oxidation sites excluding steroid dienone is 3. The zero-order chi connectivity index (χ0) is 40.8. The van der Waals surface area contributed by atoms with Crippen molar-refractivity contribution < 1.29 is 58.6 Å². The van der Waals surface area contributed by atoms with Crippen LogP contribution in [0.15, 0.2) is 23.3 Å². The molecule has 13 heteroatoms. The van der Waals surface area contributed by atoms with E-state index in [0.717, 1.165) is 10.5 Å². The number of ether oxygens (including phenoxy) is 4. The van der Waals surface area contributed by atoms with Gasteiger partial charge in [0.05, 0.1) is 18.3 Å². The average Bonchev–Trinajstić information content (AvgIpc) is 3.15. The van der Waals surface area contributed by atoms with Gasteiger partial charge in [-0.15, -0.1) is 0 Å². The van der Waals surface area contributed by atoms with Crippen LogP contribution in [-0.2, 0) is 38.1 Å². The number of fused-ring (bicyclic) bond motifs is 3. The Balaban J connectivity index is 1.76. The fraction of sp³-hybridized carbons (Fsp3) is 0.810. The van der Waals surface area contributed by atoms with Crippen molar-refractivity contribution in [2.45, 2.75) is 167 Å². The minimum Gasteiger partial charge on any atom is -0.456 e. The van der Waals surface area contributed by atoms with Crippen molar-refractivity contribution >= 4 is 23.4 Å². The first-order chi connectivity index (χ1) is 25.9. The predicted molar refractivity (Wildman–Crippen MR) is 203 cm³/mol. The van der Waals surface area contributed by atoms with E-state index < -0.39 is 77.4 Å². The van der Waals surface area contributed by atoms with Crippen LogP contribution in [0.25, 0.3) is 0 Å². The van der Waals surface area contributed by atoms with E-state index in [1.54, 1.807) is 27.9 Å². The monoisotopic (exact) mass is 777 g/mol. The van der Waals surface area contributed by atoms with Crippen LogP contribution < -0.4 is 0 Å². The fourth-order valence-corrected chi connectivity index (χ4v) is 9.13. The number of piperidine rings is 1. The third kappa shape index (κ3) is 10.5. The van der Waals surface area contributed by atoms with Crippen molar-refractivity contribution in [2.24, 2.45) is 29.6 Å². The molecule has 13 nitrogen and oxygen atoms in total. The summed E-state index contributed by atoms with van der Waals surface area (Å²) in [4.78, 5) is 57.3. The Morgan fingerprint density at radius 1 is 0.964 bits per heavy atom. The summed E-state index contributed by atoms with van der Waals surface area (Å²) < 4.78 is 23.4. The van der Waals surface area contributed by atoms with Crippen LogP contribution in [0.4, 0.5) is 0 Å². The number of cyclic esters (lactones) is 1.